The first-order chi connectivity index (χ1) is 9.19. The van der Waals surface area contributed by atoms with Crippen LogP contribution in [-0.4, -0.2) is 28.4 Å². The first kappa shape index (κ1) is 13.0. The fourth-order valence-corrected chi connectivity index (χ4v) is 1.47. The van der Waals surface area contributed by atoms with Crippen molar-refractivity contribution in [3.8, 4) is 11.6 Å². The molecule has 0 bridgehead atoms. The zero-order valence-electron chi connectivity index (χ0n) is 10.2. The Balaban J connectivity index is 2.12. The Bertz CT molecular complexity index is 569. The van der Waals surface area contributed by atoms with E-state index in [9.17, 15) is 4.79 Å². The van der Waals surface area contributed by atoms with E-state index in [0.29, 0.717) is 12.4 Å². The molecule has 0 unspecified atom stereocenters. The lowest BCUT2D eigenvalue weighted by Crippen LogP contribution is -2.02. The molecular weight excluding hydrogens is 248 g/mol. The van der Waals surface area contributed by atoms with Crippen molar-refractivity contribution in [3.63, 3.8) is 0 Å². The third kappa shape index (κ3) is 3.49. The second-order valence-corrected chi connectivity index (χ2v) is 3.74. The van der Waals surface area contributed by atoms with Crippen molar-refractivity contribution >= 4 is 5.97 Å². The Hall–Kier alpha value is -2.47. The summed E-state index contributed by atoms with van der Waals surface area (Å²) in [7, 11) is 1.61. The first-order valence-electron chi connectivity index (χ1n) is 5.52. The van der Waals surface area contributed by atoms with Crippen LogP contribution >= 0.6 is 0 Å². The molecule has 1 aromatic carbocycles. The van der Waals surface area contributed by atoms with Crippen LogP contribution in [0.2, 0.25) is 0 Å². The Kier molecular flexibility index (Phi) is 4.04. The maximum atomic E-state index is 10.6. The molecule has 0 saturated carbocycles. The average molecular weight is 260 g/mol. The summed E-state index contributed by atoms with van der Waals surface area (Å²) in [5, 5.41) is 15.9. The normalized spacial score (nSPS) is 10.2. The lowest BCUT2D eigenvalue weighted by atomic mass is 10.2. The maximum absolute atomic E-state index is 10.6. The molecule has 1 aromatic heterocycles. The lowest BCUT2D eigenvalue weighted by Gasteiger charge is -2.06. The van der Waals surface area contributed by atoms with Crippen LogP contribution in [0.1, 0.15) is 16.1 Å². The Morgan fingerprint density at radius 3 is 2.74 bits per heavy atom. The summed E-state index contributed by atoms with van der Waals surface area (Å²) in [6.45, 7) is 0.487. The zero-order chi connectivity index (χ0) is 13.7. The number of aromatic nitrogens is 2. The molecule has 98 valence electrons. The van der Waals surface area contributed by atoms with E-state index in [1.54, 1.807) is 13.2 Å². The molecule has 6 heteroatoms. The zero-order valence-corrected chi connectivity index (χ0v) is 10.2. The molecule has 0 aliphatic rings. The number of hydrogen-bond donors (Lipinski definition) is 1. The van der Waals surface area contributed by atoms with Gasteiger partial charge in [0.1, 0.15) is 5.75 Å². The molecule has 0 fully saturated rings. The summed E-state index contributed by atoms with van der Waals surface area (Å²) >= 11 is 0. The molecule has 0 spiro atoms. The van der Waals surface area contributed by atoms with Crippen LogP contribution in [0.25, 0.3) is 0 Å². The van der Waals surface area contributed by atoms with Crippen LogP contribution in [0.3, 0.4) is 0 Å². The van der Waals surface area contributed by atoms with Crippen LogP contribution in [-0.2, 0) is 11.3 Å². The van der Waals surface area contributed by atoms with Gasteiger partial charge < -0.3 is 14.6 Å². The highest BCUT2D eigenvalue weighted by atomic mass is 16.5. The van der Waals surface area contributed by atoms with Gasteiger partial charge >= 0.3 is 5.97 Å². The standard InChI is InChI=1S/C13H12N2O4/c1-18-8-9-3-2-4-10(7-9)19-12-6-5-11(13(16)17)14-15-12/h2-7H,8H2,1H3,(H,16,17). The number of rotatable bonds is 5. The van der Waals surface area contributed by atoms with Crippen molar-refractivity contribution in [3.05, 3.63) is 47.7 Å². The number of nitrogens with zero attached hydrogens (tertiary/aromatic N) is 2. The minimum Gasteiger partial charge on any atom is -0.476 e. The second kappa shape index (κ2) is 5.92. The van der Waals surface area contributed by atoms with Crippen LogP contribution in [0.4, 0.5) is 0 Å². The van der Waals surface area contributed by atoms with E-state index in [4.69, 9.17) is 14.6 Å². The van der Waals surface area contributed by atoms with E-state index in [0.717, 1.165) is 5.56 Å². The highest BCUT2D eigenvalue weighted by molar-refractivity contribution is 5.84. The van der Waals surface area contributed by atoms with Gasteiger partial charge in [0.2, 0.25) is 5.88 Å². The van der Waals surface area contributed by atoms with Gasteiger partial charge in [-0.3, -0.25) is 0 Å². The molecule has 0 amide bonds. The highest BCUT2D eigenvalue weighted by Crippen LogP contribution is 2.20. The Morgan fingerprint density at radius 2 is 2.11 bits per heavy atom. The third-order valence-corrected chi connectivity index (χ3v) is 2.29. The predicted octanol–water partition coefficient (Wildman–Crippen LogP) is 2.11. The molecular formula is C13H12N2O4. The van der Waals surface area contributed by atoms with Crippen molar-refractivity contribution in [1.29, 1.82) is 0 Å². The van der Waals surface area contributed by atoms with E-state index in [1.807, 2.05) is 18.2 Å². The number of carbonyl (C=O) groups is 1. The molecule has 0 atom stereocenters. The van der Waals surface area contributed by atoms with E-state index in [1.165, 1.54) is 12.1 Å². The number of carboxylic acid groups (broad SMARTS) is 1. The predicted molar refractivity (Wildman–Crippen MR) is 66.2 cm³/mol. The van der Waals surface area contributed by atoms with Gasteiger partial charge in [0.05, 0.1) is 6.61 Å². The summed E-state index contributed by atoms with van der Waals surface area (Å²) in [5.74, 6) is -0.298. The SMILES string of the molecule is COCc1cccc(Oc2ccc(C(=O)O)nn2)c1. The quantitative estimate of drug-likeness (QED) is 0.886. The van der Waals surface area contributed by atoms with Crippen molar-refractivity contribution < 1.29 is 19.4 Å². The molecule has 2 aromatic rings. The van der Waals surface area contributed by atoms with Gasteiger partial charge in [-0.2, -0.15) is 0 Å². The molecule has 2 rings (SSSR count). The molecule has 19 heavy (non-hydrogen) atoms. The molecule has 0 aliphatic heterocycles. The summed E-state index contributed by atoms with van der Waals surface area (Å²) in [5.41, 5.74) is 0.843. The number of methoxy groups -OCH3 is 1. The maximum Gasteiger partial charge on any atom is 0.356 e. The second-order valence-electron chi connectivity index (χ2n) is 3.74. The van der Waals surface area contributed by atoms with Crippen molar-refractivity contribution in [2.24, 2.45) is 0 Å². The van der Waals surface area contributed by atoms with Crippen molar-refractivity contribution in [2.75, 3.05) is 7.11 Å². The van der Waals surface area contributed by atoms with Crippen LogP contribution in [0.15, 0.2) is 36.4 Å². The largest absolute Gasteiger partial charge is 0.476 e. The van der Waals surface area contributed by atoms with Gasteiger partial charge in [-0.15, -0.1) is 10.2 Å². The van der Waals surface area contributed by atoms with Gasteiger partial charge in [0, 0.05) is 13.2 Å². The minimum absolute atomic E-state index is 0.125. The number of hydrogen-bond acceptors (Lipinski definition) is 5. The minimum atomic E-state index is -1.12. The van der Waals surface area contributed by atoms with Gasteiger partial charge in [-0.25, -0.2) is 4.79 Å². The van der Waals surface area contributed by atoms with Gasteiger partial charge in [0.25, 0.3) is 0 Å². The van der Waals surface area contributed by atoms with E-state index in [2.05, 4.69) is 10.2 Å². The summed E-state index contributed by atoms with van der Waals surface area (Å²) < 4.78 is 10.5. The molecule has 1 heterocycles. The topological polar surface area (TPSA) is 81.5 Å². The first-order valence-corrected chi connectivity index (χ1v) is 5.52. The fourth-order valence-electron chi connectivity index (χ4n) is 1.47. The van der Waals surface area contributed by atoms with Crippen LogP contribution in [0.5, 0.6) is 11.6 Å². The summed E-state index contributed by atoms with van der Waals surface area (Å²) in [4.78, 5) is 10.6. The number of ether oxygens (including phenoxy) is 2. The molecule has 0 radical (unpaired) electrons. The monoisotopic (exact) mass is 260 g/mol. The summed E-state index contributed by atoms with van der Waals surface area (Å²) in [6.07, 6.45) is 0. The van der Waals surface area contributed by atoms with Gasteiger partial charge in [0.15, 0.2) is 5.69 Å². The van der Waals surface area contributed by atoms with Gasteiger partial charge in [-0.05, 0) is 23.8 Å². The van der Waals surface area contributed by atoms with Crippen molar-refractivity contribution in [1.82, 2.24) is 10.2 Å². The lowest BCUT2D eigenvalue weighted by molar-refractivity contribution is 0.0689. The van der Waals surface area contributed by atoms with Crippen molar-refractivity contribution in [2.45, 2.75) is 6.61 Å². The molecule has 1 N–H and O–H groups in total. The highest BCUT2D eigenvalue weighted by Gasteiger charge is 2.06. The average Bonchev–Trinajstić information content (AvgIpc) is 2.40. The van der Waals surface area contributed by atoms with Crippen LogP contribution < -0.4 is 4.74 Å². The van der Waals surface area contributed by atoms with E-state index < -0.39 is 5.97 Å². The van der Waals surface area contributed by atoms with Crippen LogP contribution in [0, 0.1) is 0 Å². The number of aromatic carboxylic acids is 1. The smallest absolute Gasteiger partial charge is 0.356 e. The summed E-state index contributed by atoms with van der Waals surface area (Å²) in [6, 6.07) is 10.1. The molecule has 6 nitrogen and oxygen atoms in total. The number of carboxylic acids is 1. The molecule has 0 saturated heterocycles. The third-order valence-electron chi connectivity index (χ3n) is 2.29. The number of benzene rings is 1. The Labute approximate surface area is 109 Å². The van der Waals surface area contributed by atoms with Gasteiger partial charge in [-0.1, -0.05) is 12.1 Å². The van der Waals surface area contributed by atoms with E-state index >= 15 is 0 Å². The molecule has 0 aliphatic carbocycles. The fraction of sp³-hybridized carbons (Fsp3) is 0.154. The van der Waals surface area contributed by atoms with E-state index in [-0.39, 0.29) is 11.6 Å². The Morgan fingerprint density at radius 1 is 1.26 bits per heavy atom.